The minimum absolute atomic E-state index is 0.701. The summed E-state index contributed by atoms with van der Waals surface area (Å²) in [6, 6.07) is 10.1. The van der Waals surface area contributed by atoms with Crippen LogP contribution < -0.4 is 10.1 Å². The standard InChI is InChI=1S/C16H15BrClNO/c1-10-3-2-4-14(18)15(10)19-9-12-8-13(17)7-11-5-6-20-16(11)12/h2-4,7-8,19H,5-6,9H2,1H3. The molecule has 0 fully saturated rings. The van der Waals surface area contributed by atoms with Crippen LogP contribution in [0.2, 0.25) is 5.02 Å². The molecule has 0 saturated heterocycles. The number of rotatable bonds is 3. The Kier molecular flexibility index (Phi) is 3.90. The first-order valence-corrected chi connectivity index (χ1v) is 7.75. The molecule has 0 amide bonds. The van der Waals surface area contributed by atoms with Crippen LogP contribution in [-0.2, 0) is 13.0 Å². The van der Waals surface area contributed by atoms with Gasteiger partial charge in [-0.2, -0.15) is 0 Å². The molecular weight excluding hydrogens is 338 g/mol. The molecule has 0 saturated carbocycles. The highest BCUT2D eigenvalue weighted by Gasteiger charge is 2.17. The lowest BCUT2D eigenvalue weighted by atomic mass is 10.1. The number of aryl methyl sites for hydroxylation is 1. The van der Waals surface area contributed by atoms with Gasteiger partial charge in [0, 0.05) is 23.0 Å². The van der Waals surface area contributed by atoms with Gasteiger partial charge < -0.3 is 10.1 Å². The van der Waals surface area contributed by atoms with E-state index >= 15 is 0 Å². The van der Waals surface area contributed by atoms with Crippen LogP contribution in [0.15, 0.2) is 34.8 Å². The molecule has 1 heterocycles. The summed E-state index contributed by atoms with van der Waals surface area (Å²) in [7, 11) is 0. The van der Waals surface area contributed by atoms with Crippen LogP contribution in [0.4, 0.5) is 5.69 Å². The van der Waals surface area contributed by atoms with E-state index in [1.807, 2.05) is 12.1 Å². The van der Waals surface area contributed by atoms with E-state index in [1.165, 1.54) is 5.56 Å². The van der Waals surface area contributed by atoms with Gasteiger partial charge in [0.2, 0.25) is 0 Å². The number of hydrogen-bond acceptors (Lipinski definition) is 2. The van der Waals surface area contributed by atoms with E-state index in [0.29, 0.717) is 6.54 Å². The molecule has 0 unspecified atom stereocenters. The fraction of sp³-hybridized carbons (Fsp3) is 0.250. The zero-order chi connectivity index (χ0) is 14.1. The molecule has 4 heteroatoms. The number of halogens is 2. The number of anilines is 1. The number of nitrogens with one attached hydrogen (secondary N) is 1. The van der Waals surface area contributed by atoms with Gasteiger partial charge in [-0.1, -0.05) is 39.7 Å². The van der Waals surface area contributed by atoms with Crippen molar-refractivity contribution in [1.82, 2.24) is 0 Å². The molecular formula is C16H15BrClNO. The molecule has 0 spiro atoms. The second-order valence-electron chi connectivity index (χ2n) is 4.94. The first kappa shape index (κ1) is 13.8. The van der Waals surface area contributed by atoms with Crippen molar-refractivity contribution in [3.63, 3.8) is 0 Å². The average Bonchev–Trinajstić information content (AvgIpc) is 2.86. The van der Waals surface area contributed by atoms with Crippen LogP contribution in [0, 0.1) is 6.92 Å². The Morgan fingerprint density at radius 1 is 1.35 bits per heavy atom. The molecule has 2 aromatic rings. The molecule has 3 rings (SSSR count). The first-order chi connectivity index (χ1) is 9.65. The summed E-state index contributed by atoms with van der Waals surface area (Å²) in [6.45, 7) is 3.52. The Labute approximate surface area is 132 Å². The third kappa shape index (κ3) is 2.65. The third-order valence-corrected chi connectivity index (χ3v) is 4.28. The van der Waals surface area contributed by atoms with Gasteiger partial charge in [0.05, 0.1) is 17.3 Å². The topological polar surface area (TPSA) is 21.3 Å². The summed E-state index contributed by atoms with van der Waals surface area (Å²) in [5, 5.41) is 4.17. The molecule has 1 aliphatic heterocycles. The third-order valence-electron chi connectivity index (χ3n) is 3.50. The summed E-state index contributed by atoms with van der Waals surface area (Å²) in [5.74, 6) is 1.02. The molecule has 0 radical (unpaired) electrons. The summed E-state index contributed by atoms with van der Waals surface area (Å²) in [4.78, 5) is 0. The number of ether oxygens (including phenoxy) is 1. The smallest absolute Gasteiger partial charge is 0.127 e. The van der Waals surface area contributed by atoms with Gasteiger partial charge >= 0.3 is 0 Å². The molecule has 0 aromatic heterocycles. The van der Waals surface area contributed by atoms with Crippen LogP contribution in [0.5, 0.6) is 5.75 Å². The molecule has 2 aromatic carbocycles. The monoisotopic (exact) mass is 351 g/mol. The molecule has 0 aliphatic carbocycles. The summed E-state index contributed by atoms with van der Waals surface area (Å²) in [6.07, 6.45) is 0.979. The Morgan fingerprint density at radius 2 is 2.20 bits per heavy atom. The maximum atomic E-state index is 6.24. The van der Waals surface area contributed by atoms with Gasteiger partial charge in [-0.15, -0.1) is 0 Å². The predicted molar refractivity (Wildman–Crippen MR) is 86.9 cm³/mol. The van der Waals surface area contributed by atoms with Gasteiger partial charge in [0.1, 0.15) is 5.75 Å². The summed E-state index contributed by atoms with van der Waals surface area (Å²) >= 11 is 9.80. The van der Waals surface area contributed by atoms with E-state index in [1.54, 1.807) is 0 Å². The van der Waals surface area contributed by atoms with Gasteiger partial charge in [-0.25, -0.2) is 0 Å². The average molecular weight is 353 g/mol. The van der Waals surface area contributed by atoms with Gasteiger partial charge in [-0.05, 0) is 36.2 Å². The Morgan fingerprint density at radius 3 is 3.00 bits per heavy atom. The molecule has 20 heavy (non-hydrogen) atoms. The fourth-order valence-corrected chi connectivity index (χ4v) is 3.36. The molecule has 104 valence electrons. The molecule has 0 atom stereocenters. The fourth-order valence-electron chi connectivity index (χ4n) is 2.52. The van der Waals surface area contributed by atoms with Crippen molar-refractivity contribution in [2.75, 3.05) is 11.9 Å². The normalized spacial score (nSPS) is 12.9. The Hall–Kier alpha value is -1.19. The van der Waals surface area contributed by atoms with E-state index in [4.69, 9.17) is 16.3 Å². The Balaban J connectivity index is 1.86. The maximum Gasteiger partial charge on any atom is 0.127 e. The number of benzene rings is 2. The first-order valence-electron chi connectivity index (χ1n) is 6.58. The van der Waals surface area contributed by atoms with Crippen LogP contribution in [0.1, 0.15) is 16.7 Å². The zero-order valence-electron chi connectivity index (χ0n) is 11.2. The van der Waals surface area contributed by atoms with E-state index in [-0.39, 0.29) is 0 Å². The van der Waals surface area contributed by atoms with Crippen molar-refractivity contribution >= 4 is 33.2 Å². The lowest BCUT2D eigenvalue weighted by molar-refractivity contribution is 0.354. The van der Waals surface area contributed by atoms with Crippen molar-refractivity contribution in [1.29, 1.82) is 0 Å². The second kappa shape index (κ2) is 5.66. The quantitative estimate of drug-likeness (QED) is 0.843. The van der Waals surface area contributed by atoms with Crippen molar-refractivity contribution in [3.05, 3.63) is 56.5 Å². The largest absolute Gasteiger partial charge is 0.493 e. The minimum Gasteiger partial charge on any atom is -0.493 e. The molecule has 1 aliphatic rings. The Bertz CT molecular complexity index is 637. The number of para-hydroxylation sites is 1. The van der Waals surface area contributed by atoms with Gasteiger partial charge in [-0.3, -0.25) is 0 Å². The lowest BCUT2D eigenvalue weighted by Crippen LogP contribution is -2.03. The second-order valence-corrected chi connectivity index (χ2v) is 6.26. The predicted octanol–water partition coefficient (Wildman–Crippen LogP) is 4.96. The molecule has 0 bridgehead atoms. The van der Waals surface area contributed by atoms with Crippen molar-refractivity contribution in [3.8, 4) is 5.75 Å². The van der Waals surface area contributed by atoms with Crippen LogP contribution in [0.25, 0.3) is 0 Å². The highest BCUT2D eigenvalue weighted by Crippen LogP contribution is 2.34. The van der Waals surface area contributed by atoms with Crippen LogP contribution in [-0.4, -0.2) is 6.61 Å². The lowest BCUT2D eigenvalue weighted by Gasteiger charge is -2.14. The number of hydrogen-bond donors (Lipinski definition) is 1. The van der Waals surface area contributed by atoms with E-state index < -0.39 is 0 Å². The van der Waals surface area contributed by atoms with Crippen LogP contribution >= 0.6 is 27.5 Å². The molecule has 1 N–H and O–H groups in total. The van der Waals surface area contributed by atoms with E-state index in [9.17, 15) is 0 Å². The van der Waals surface area contributed by atoms with Crippen molar-refractivity contribution in [2.24, 2.45) is 0 Å². The summed E-state index contributed by atoms with van der Waals surface area (Å²) < 4.78 is 6.83. The van der Waals surface area contributed by atoms with Crippen LogP contribution in [0.3, 0.4) is 0 Å². The zero-order valence-corrected chi connectivity index (χ0v) is 13.5. The van der Waals surface area contributed by atoms with Crippen molar-refractivity contribution in [2.45, 2.75) is 19.9 Å². The maximum absolute atomic E-state index is 6.24. The van der Waals surface area contributed by atoms with Gasteiger partial charge in [0.25, 0.3) is 0 Å². The van der Waals surface area contributed by atoms with Crippen molar-refractivity contribution < 1.29 is 4.74 Å². The van der Waals surface area contributed by atoms with E-state index in [2.05, 4.69) is 46.4 Å². The molecule has 2 nitrogen and oxygen atoms in total. The van der Waals surface area contributed by atoms with E-state index in [0.717, 1.165) is 45.1 Å². The highest BCUT2D eigenvalue weighted by atomic mass is 79.9. The summed E-state index contributed by atoms with van der Waals surface area (Å²) in [5.41, 5.74) is 4.56. The number of fused-ring (bicyclic) bond motifs is 1. The SMILES string of the molecule is Cc1cccc(Cl)c1NCc1cc(Br)cc2c1OCC2. The minimum atomic E-state index is 0.701. The van der Waals surface area contributed by atoms with Gasteiger partial charge in [0.15, 0.2) is 0 Å². The highest BCUT2D eigenvalue weighted by molar-refractivity contribution is 9.10.